The molecule has 0 bridgehead atoms. The number of anilines is 1. The summed E-state index contributed by atoms with van der Waals surface area (Å²) in [5.41, 5.74) is 1.77. The molecule has 2 heterocycles. The lowest BCUT2D eigenvalue weighted by molar-refractivity contribution is -0.313. The molecular formula is C19H19F5N4O. The molecule has 2 aliphatic carbocycles. The topological polar surface area (TPSA) is 59.8 Å². The predicted octanol–water partition coefficient (Wildman–Crippen LogP) is 4.51. The van der Waals surface area contributed by atoms with Gasteiger partial charge in [0.2, 0.25) is 5.91 Å². The number of aryl methyl sites for hydroxylation is 1. The summed E-state index contributed by atoms with van der Waals surface area (Å²) in [4.78, 5) is 16.4. The van der Waals surface area contributed by atoms with Crippen molar-refractivity contribution >= 4 is 11.7 Å². The van der Waals surface area contributed by atoms with E-state index in [4.69, 9.17) is 0 Å². The second-order valence-electron chi connectivity index (χ2n) is 7.70. The molecule has 5 nitrogen and oxygen atoms in total. The molecule has 1 atom stereocenters. The number of carbonyl (C=O) groups is 1. The summed E-state index contributed by atoms with van der Waals surface area (Å²) < 4.78 is 67.7. The van der Waals surface area contributed by atoms with E-state index < -0.39 is 42.3 Å². The van der Waals surface area contributed by atoms with Crippen LogP contribution in [0, 0.1) is 11.7 Å². The summed E-state index contributed by atoms with van der Waals surface area (Å²) in [6, 6.07) is 2.76. The van der Waals surface area contributed by atoms with Crippen molar-refractivity contribution in [3.05, 3.63) is 29.7 Å². The Morgan fingerprint density at radius 3 is 2.52 bits per heavy atom. The van der Waals surface area contributed by atoms with Crippen LogP contribution in [0.15, 0.2) is 18.3 Å². The number of alkyl halides is 4. The number of pyridine rings is 1. The fourth-order valence-electron chi connectivity index (χ4n) is 3.88. The van der Waals surface area contributed by atoms with Crippen LogP contribution in [-0.4, -0.2) is 32.5 Å². The smallest absolute Gasteiger partial charge is 0.309 e. The average Bonchev–Trinajstić information content (AvgIpc) is 2.89. The highest BCUT2D eigenvalue weighted by Crippen LogP contribution is 2.56. The molecule has 0 unspecified atom stereocenters. The standard InChI is InChI=1S/C19H19F5N4O/c1-28-16(13-6-5-12(20)9-25-13)15(10-3-2-4-10)17(27-28)26-14(29)7-11-8-18(21,22)19(11,23)24/h5-6,9-11H,2-4,7-8H2,1H3,(H,26,27,29)/t11-/m1/s1. The highest BCUT2D eigenvalue weighted by atomic mass is 19.3. The Labute approximate surface area is 163 Å². The number of halogens is 5. The fraction of sp³-hybridized carbons (Fsp3) is 0.526. The highest BCUT2D eigenvalue weighted by molar-refractivity contribution is 5.92. The second kappa shape index (κ2) is 6.77. The molecule has 10 heteroatoms. The number of rotatable bonds is 5. The number of hydrogen-bond acceptors (Lipinski definition) is 3. The maximum absolute atomic E-state index is 13.5. The zero-order chi connectivity index (χ0) is 21.0. The zero-order valence-corrected chi connectivity index (χ0v) is 15.6. The second-order valence-corrected chi connectivity index (χ2v) is 7.70. The lowest BCUT2D eigenvalue weighted by atomic mass is 9.74. The number of aromatic nitrogens is 3. The monoisotopic (exact) mass is 414 g/mol. The Hall–Kier alpha value is -2.52. The summed E-state index contributed by atoms with van der Waals surface area (Å²) in [5, 5.41) is 6.80. The molecular weight excluding hydrogens is 395 g/mol. The van der Waals surface area contributed by atoms with E-state index in [0.717, 1.165) is 25.5 Å². The van der Waals surface area contributed by atoms with Gasteiger partial charge in [0.05, 0.1) is 17.6 Å². The Balaban J connectivity index is 1.58. The van der Waals surface area contributed by atoms with Crippen molar-refractivity contribution < 1.29 is 26.7 Å². The SMILES string of the molecule is Cn1nc(NC(=O)C[C@@H]2CC(F)(F)C2(F)F)c(C2CCC2)c1-c1ccc(F)cn1. The molecule has 0 saturated heterocycles. The van der Waals surface area contributed by atoms with Crippen LogP contribution in [0.25, 0.3) is 11.4 Å². The molecule has 2 fully saturated rings. The van der Waals surface area contributed by atoms with E-state index in [9.17, 15) is 26.7 Å². The van der Waals surface area contributed by atoms with Crippen LogP contribution in [0.4, 0.5) is 27.8 Å². The minimum Gasteiger partial charge on any atom is -0.309 e. The fourth-order valence-corrected chi connectivity index (χ4v) is 3.88. The molecule has 2 aromatic rings. The lowest BCUT2D eigenvalue weighted by Crippen LogP contribution is -2.59. The first kappa shape index (κ1) is 19.8. The minimum absolute atomic E-state index is 0.0929. The van der Waals surface area contributed by atoms with Crippen LogP contribution >= 0.6 is 0 Å². The predicted molar refractivity (Wildman–Crippen MR) is 94.2 cm³/mol. The molecule has 2 aliphatic rings. The third-order valence-corrected chi connectivity index (χ3v) is 5.76. The first-order valence-electron chi connectivity index (χ1n) is 9.34. The Kier molecular flexibility index (Phi) is 4.62. The van der Waals surface area contributed by atoms with Crippen molar-refractivity contribution in [2.24, 2.45) is 13.0 Å². The maximum Gasteiger partial charge on any atom is 0.313 e. The van der Waals surface area contributed by atoms with Gasteiger partial charge in [0, 0.05) is 31.4 Å². The van der Waals surface area contributed by atoms with Crippen molar-refractivity contribution in [3.8, 4) is 11.4 Å². The van der Waals surface area contributed by atoms with Crippen LogP contribution < -0.4 is 5.32 Å². The van der Waals surface area contributed by atoms with E-state index in [0.29, 0.717) is 17.0 Å². The molecule has 4 rings (SSSR count). The van der Waals surface area contributed by atoms with Gasteiger partial charge < -0.3 is 5.32 Å². The molecule has 156 valence electrons. The average molecular weight is 414 g/mol. The van der Waals surface area contributed by atoms with E-state index >= 15 is 0 Å². The third-order valence-electron chi connectivity index (χ3n) is 5.76. The molecule has 2 saturated carbocycles. The molecule has 29 heavy (non-hydrogen) atoms. The molecule has 0 radical (unpaired) electrons. The maximum atomic E-state index is 13.5. The van der Waals surface area contributed by atoms with Crippen LogP contribution in [0.1, 0.15) is 43.6 Å². The van der Waals surface area contributed by atoms with E-state index in [2.05, 4.69) is 15.4 Å². The van der Waals surface area contributed by atoms with Crippen LogP contribution in [0.3, 0.4) is 0 Å². The largest absolute Gasteiger partial charge is 0.313 e. The number of carbonyl (C=O) groups excluding carboxylic acids is 1. The highest BCUT2D eigenvalue weighted by Gasteiger charge is 2.71. The van der Waals surface area contributed by atoms with Gasteiger partial charge in [-0.15, -0.1) is 0 Å². The van der Waals surface area contributed by atoms with Crippen molar-refractivity contribution in [1.29, 1.82) is 0 Å². The molecule has 0 aromatic carbocycles. The summed E-state index contributed by atoms with van der Waals surface area (Å²) >= 11 is 0. The summed E-state index contributed by atoms with van der Waals surface area (Å²) in [5.74, 6) is -10.9. The Morgan fingerprint density at radius 1 is 1.28 bits per heavy atom. The summed E-state index contributed by atoms with van der Waals surface area (Å²) in [6.45, 7) is 0. The third kappa shape index (κ3) is 3.28. The number of nitrogens with zero attached hydrogens (tertiary/aromatic N) is 3. The zero-order valence-electron chi connectivity index (χ0n) is 15.6. The van der Waals surface area contributed by atoms with E-state index in [1.54, 1.807) is 7.05 Å². The summed E-state index contributed by atoms with van der Waals surface area (Å²) in [7, 11) is 1.64. The minimum atomic E-state index is -4.19. The van der Waals surface area contributed by atoms with Crippen LogP contribution in [0.5, 0.6) is 0 Å². The quantitative estimate of drug-likeness (QED) is 0.733. The molecule has 2 aromatic heterocycles. The van der Waals surface area contributed by atoms with Gasteiger partial charge in [0.1, 0.15) is 5.82 Å². The van der Waals surface area contributed by atoms with Gasteiger partial charge in [-0.05, 0) is 30.9 Å². The number of amides is 1. The van der Waals surface area contributed by atoms with E-state index in [1.165, 1.54) is 16.8 Å². The summed E-state index contributed by atoms with van der Waals surface area (Å²) in [6.07, 6.45) is 2.05. The van der Waals surface area contributed by atoms with Crippen molar-refractivity contribution in [3.63, 3.8) is 0 Å². The molecule has 1 N–H and O–H groups in total. The van der Waals surface area contributed by atoms with Crippen molar-refractivity contribution in [2.45, 2.75) is 49.9 Å². The molecule has 1 amide bonds. The van der Waals surface area contributed by atoms with Gasteiger partial charge >= 0.3 is 11.8 Å². The van der Waals surface area contributed by atoms with E-state index in [1.807, 2.05) is 0 Å². The number of nitrogens with one attached hydrogen (secondary N) is 1. The van der Waals surface area contributed by atoms with Crippen molar-refractivity contribution in [1.82, 2.24) is 14.8 Å². The molecule has 0 aliphatic heterocycles. The van der Waals surface area contributed by atoms with Gasteiger partial charge in [-0.1, -0.05) is 6.42 Å². The number of hydrogen-bond donors (Lipinski definition) is 1. The first-order chi connectivity index (χ1) is 13.6. The van der Waals surface area contributed by atoms with E-state index in [-0.39, 0.29) is 11.7 Å². The normalized spacial score (nSPS) is 22.6. The van der Waals surface area contributed by atoms with Gasteiger partial charge in [-0.3, -0.25) is 14.5 Å². The van der Waals surface area contributed by atoms with Gasteiger partial charge in [0.25, 0.3) is 0 Å². The van der Waals surface area contributed by atoms with Gasteiger partial charge in [-0.25, -0.2) is 4.39 Å². The first-order valence-corrected chi connectivity index (χ1v) is 9.34. The molecule has 0 spiro atoms. The Morgan fingerprint density at radius 2 is 2.00 bits per heavy atom. The van der Waals surface area contributed by atoms with Crippen LogP contribution in [-0.2, 0) is 11.8 Å². The van der Waals surface area contributed by atoms with Gasteiger partial charge in [0.15, 0.2) is 5.82 Å². The lowest BCUT2D eigenvalue weighted by Gasteiger charge is -2.43. The van der Waals surface area contributed by atoms with Crippen molar-refractivity contribution in [2.75, 3.05) is 5.32 Å². The van der Waals surface area contributed by atoms with Crippen LogP contribution in [0.2, 0.25) is 0 Å². The van der Waals surface area contributed by atoms with Gasteiger partial charge in [-0.2, -0.15) is 22.7 Å². The Bertz CT molecular complexity index is 937.